The number of rotatable bonds is 3. The molecule has 1 rings (SSSR count). The van der Waals surface area contributed by atoms with Crippen LogP contribution >= 0.6 is 0 Å². The first-order chi connectivity index (χ1) is 7.34. The largest absolute Gasteiger partial charge is 0.748 e. The smallest absolute Gasteiger partial charge is 0.181 e. The highest BCUT2D eigenvalue weighted by atomic mass is 32.2. The maximum Gasteiger partial charge on any atom is 0.181 e. The molecule has 0 aliphatic carbocycles. The first-order valence-electron chi connectivity index (χ1n) is 5.19. The summed E-state index contributed by atoms with van der Waals surface area (Å²) in [6.07, 6.45) is 6.47. The normalized spacial score (nSPS) is 10.5. The Hall–Kier alpha value is -0.940. The number of aryl methyl sites for hydroxylation is 2. The molecule has 1 aromatic rings. The molecule has 5 heteroatoms. The fraction of sp³-hybridized carbons (Fsp3) is 0.545. The van der Waals surface area contributed by atoms with Gasteiger partial charge in [-0.1, -0.05) is 19.4 Å². The standard InChI is InChI=1S/C10H16N.CH4O3S/c1-3-4-7-10-8-5-6-9-11(10)2;1-5(2,3)4/h5-6,8-9H,3-4,7H2,1-2H3;1H3,(H,2,3,4)/q+1;/p-1. The number of unbranched alkanes of at least 4 members (excludes halogenated alkanes) is 1. The van der Waals surface area contributed by atoms with Gasteiger partial charge in [0.2, 0.25) is 0 Å². The summed E-state index contributed by atoms with van der Waals surface area (Å²) < 4.78 is 29.4. The highest BCUT2D eigenvalue weighted by Gasteiger charge is 2.01. The van der Waals surface area contributed by atoms with Gasteiger partial charge in [-0.2, -0.15) is 0 Å². The minimum Gasteiger partial charge on any atom is -0.748 e. The van der Waals surface area contributed by atoms with Crippen LogP contribution < -0.4 is 4.57 Å². The van der Waals surface area contributed by atoms with Gasteiger partial charge in [0.25, 0.3) is 0 Å². The van der Waals surface area contributed by atoms with Crippen molar-refractivity contribution in [2.45, 2.75) is 26.2 Å². The molecule has 0 bridgehead atoms. The van der Waals surface area contributed by atoms with Gasteiger partial charge in [-0.25, -0.2) is 13.0 Å². The molecule has 0 N–H and O–H groups in total. The molecular weight excluding hydrogens is 226 g/mol. The average Bonchev–Trinajstić information content (AvgIpc) is 2.14. The van der Waals surface area contributed by atoms with E-state index < -0.39 is 10.1 Å². The van der Waals surface area contributed by atoms with Crippen LogP contribution in [0.5, 0.6) is 0 Å². The van der Waals surface area contributed by atoms with E-state index in [1.54, 1.807) is 0 Å². The first kappa shape index (κ1) is 15.1. The van der Waals surface area contributed by atoms with Crippen LogP contribution in [-0.4, -0.2) is 19.2 Å². The summed E-state index contributed by atoms with van der Waals surface area (Å²) in [6.45, 7) is 2.23. The van der Waals surface area contributed by atoms with Crippen molar-refractivity contribution in [2.24, 2.45) is 7.05 Å². The molecule has 1 heterocycles. The van der Waals surface area contributed by atoms with Crippen molar-refractivity contribution in [3.8, 4) is 0 Å². The fourth-order valence-corrected chi connectivity index (χ4v) is 1.18. The fourth-order valence-electron chi connectivity index (χ4n) is 1.18. The molecule has 0 unspecified atom stereocenters. The maximum atomic E-state index is 9.08. The highest BCUT2D eigenvalue weighted by molar-refractivity contribution is 7.84. The number of nitrogens with zero attached hydrogens (tertiary/aromatic N) is 1. The first-order valence-corrected chi connectivity index (χ1v) is 7.00. The molecule has 0 fully saturated rings. The lowest BCUT2D eigenvalue weighted by Crippen LogP contribution is -2.32. The predicted octanol–water partition coefficient (Wildman–Crippen LogP) is 1.02. The van der Waals surface area contributed by atoms with Crippen molar-refractivity contribution < 1.29 is 17.5 Å². The second-order valence-corrected chi connectivity index (χ2v) is 5.02. The molecule has 16 heavy (non-hydrogen) atoms. The van der Waals surface area contributed by atoms with Gasteiger partial charge in [-0.3, -0.25) is 0 Å². The third-order valence-corrected chi connectivity index (χ3v) is 1.95. The lowest BCUT2D eigenvalue weighted by molar-refractivity contribution is -0.679. The number of aromatic nitrogens is 1. The van der Waals surface area contributed by atoms with Crippen molar-refractivity contribution >= 4 is 10.1 Å². The van der Waals surface area contributed by atoms with E-state index in [2.05, 4.69) is 42.9 Å². The van der Waals surface area contributed by atoms with Gasteiger partial charge >= 0.3 is 0 Å². The van der Waals surface area contributed by atoms with Crippen LogP contribution in [0.3, 0.4) is 0 Å². The summed E-state index contributed by atoms with van der Waals surface area (Å²) in [6, 6.07) is 6.36. The molecule has 4 nitrogen and oxygen atoms in total. The number of pyridine rings is 1. The van der Waals surface area contributed by atoms with Crippen LogP contribution in [0.2, 0.25) is 0 Å². The number of hydrogen-bond acceptors (Lipinski definition) is 3. The monoisotopic (exact) mass is 245 g/mol. The molecule has 0 amide bonds. The lowest BCUT2D eigenvalue weighted by atomic mass is 10.2. The zero-order chi connectivity index (χ0) is 12.6. The van der Waals surface area contributed by atoms with Gasteiger partial charge in [0.15, 0.2) is 11.9 Å². The molecule has 0 aromatic carbocycles. The Morgan fingerprint density at radius 3 is 2.38 bits per heavy atom. The Bertz CT molecular complexity index is 393. The SMILES string of the molecule is CCCCc1cccc[n+]1C.CS(=O)(=O)[O-]. The molecule has 0 aliphatic rings. The Morgan fingerprint density at radius 1 is 1.38 bits per heavy atom. The highest BCUT2D eigenvalue weighted by Crippen LogP contribution is 1.97. The van der Waals surface area contributed by atoms with Crippen molar-refractivity contribution in [2.75, 3.05) is 6.26 Å². The Labute approximate surface area is 97.7 Å². The molecule has 0 radical (unpaired) electrons. The third-order valence-electron chi connectivity index (χ3n) is 1.95. The maximum absolute atomic E-state index is 9.08. The summed E-state index contributed by atoms with van der Waals surface area (Å²) >= 11 is 0. The summed E-state index contributed by atoms with van der Waals surface area (Å²) in [5.41, 5.74) is 1.43. The van der Waals surface area contributed by atoms with Crippen LogP contribution in [0.1, 0.15) is 25.5 Å². The molecule has 0 spiro atoms. The van der Waals surface area contributed by atoms with Gasteiger partial charge < -0.3 is 4.55 Å². The van der Waals surface area contributed by atoms with Crippen molar-refractivity contribution in [3.63, 3.8) is 0 Å². The van der Waals surface area contributed by atoms with Crippen LogP contribution in [0.15, 0.2) is 24.4 Å². The van der Waals surface area contributed by atoms with Gasteiger partial charge in [-0.05, 0) is 6.42 Å². The molecule has 0 saturated carbocycles. The quantitative estimate of drug-likeness (QED) is 0.590. The Kier molecular flexibility index (Phi) is 6.92. The predicted molar refractivity (Wildman–Crippen MR) is 61.9 cm³/mol. The molecule has 0 atom stereocenters. The number of hydrogen-bond donors (Lipinski definition) is 0. The zero-order valence-corrected chi connectivity index (χ0v) is 10.8. The molecule has 1 aromatic heterocycles. The van der Waals surface area contributed by atoms with Crippen LogP contribution in [0.4, 0.5) is 0 Å². The summed E-state index contributed by atoms with van der Waals surface area (Å²) in [5, 5.41) is 0. The summed E-state index contributed by atoms with van der Waals surface area (Å²) in [7, 11) is -1.81. The molecule has 0 aliphatic heterocycles. The van der Waals surface area contributed by atoms with Gasteiger partial charge in [0, 0.05) is 24.8 Å². The van der Waals surface area contributed by atoms with E-state index in [1.807, 2.05) is 0 Å². The minimum absolute atomic E-state index is 0.604. The van der Waals surface area contributed by atoms with E-state index in [0.717, 1.165) is 0 Å². The molecule has 0 saturated heterocycles. The zero-order valence-electron chi connectivity index (χ0n) is 10.0. The van der Waals surface area contributed by atoms with E-state index in [9.17, 15) is 0 Å². The van der Waals surface area contributed by atoms with E-state index in [0.29, 0.717) is 6.26 Å². The van der Waals surface area contributed by atoms with Crippen molar-refractivity contribution in [1.29, 1.82) is 0 Å². The summed E-state index contributed by atoms with van der Waals surface area (Å²) in [4.78, 5) is 0. The molecular formula is C11H19NO3S. The van der Waals surface area contributed by atoms with Crippen LogP contribution in [0.25, 0.3) is 0 Å². The van der Waals surface area contributed by atoms with Crippen molar-refractivity contribution in [1.82, 2.24) is 0 Å². The third kappa shape index (κ3) is 9.61. The molecule has 92 valence electrons. The summed E-state index contributed by atoms with van der Waals surface area (Å²) in [5.74, 6) is 0. The van der Waals surface area contributed by atoms with Gasteiger partial charge in [0.1, 0.15) is 7.05 Å². The van der Waals surface area contributed by atoms with E-state index >= 15 is 0 Å². The van der Waals surface area contributed by atoms with Crippen LogP contribution in [-0.2, 0) is 23.6 Å². The van der Waals surface area contributed by atoms with Gasteiger partial charge in [-0.15, -0.1) is 0 Å². The lowest BCUT2D eigenvalue weighted by Gasteiger charge is -1.96. The minimum atomic E-state index is -3.92. The topological polar surface area (TPSA) is 61.1 Å². The van der Waals surface area contributed by atoms with E-state index in [-0.39, 0.29) is 0 Å². The second kappa shape index (κ2) is 7.35. The van der Waals surface area contributed by atoms with E-state index in [1.165, 1.54) is 25.0 Å². The van der Waals surface area contributed by atoms with E-state index in [4.69, 9.17) is 13.0 Å². The second-order valence-electron chi connectivity index (χ2n) is 3.61. The Morgan fingerprint density at radius 2 is 1.94 bits per heavy atom. The Balaban J connectivity index is 0.000000385. The van der Waals surface area contributed by atoms with Crippen molar-refractivity contribution in [3.05, 3.63) is 30.1 Å². The van der Waals surface area contributed by atoms with Gasteiger partial charge in [0.05, 0.1) is 10.1 Å². The van der Waals surface area contributed by atoms with Crippen LogP contribution in [0, 0.1) is 0 Å². The average molecular weight is 245 g/mol.